The van der Waals surface area contributed by atoms with Crippen LogP contribution in [0.5, 0.6) is 0 Å². The summed E-state index contributed by atoms with van der Waals surface area (Å²) in [5, 5.41) is 1.19. The van der Waals surface area contributed by atoms with E-state index in [-0.39, 0.29) is 0 Å². The van der Waals surface area contributed by atoms with Crippen molar-refractivity contribution in [3.63, 3.8) is 0 Å². The second-order valence-corrected chi connectivity index (χ2v) is 4.39. The summed E-state index contributed by atoms with van der Waals surface area (Å²) >= 11 is 7.23. The Morgan fingerprint density at radius 3 is 2.60 bits per heavy atom. The van der Waals surface area contributed by atoms with Crippen molar-refractivity contribution in [2.24, 2.45) is 0 Å². The summed E-state index contributed by atoms with van der Waals surface area (Å²) in [6, 6.07) is 3.66. The number of rotatable bonds is 2. The average molecular weight is 238 g/mol. The first-order valence-electron chi connectivity index (χ1n) is 4.32. The Balaban J connectivity index is 2.18. The summed E-state index contributed by atoms with van der Waals surface area (Å²) in [6.45, 7) is 1.96. The summed E-state index contributed by atoms with van der Waals surface area (Å²) in [4.78, 5) is 13.3. The molecule has 2 heterocycles. The lowest BCUT2D eigenvalue weighted by Crippen LogP contribution is -1.86. The smallest absolute Gasteiger partial charge is 0.192 e. The van der Waals surface area contributed by atoms with Gasteiger partial charge < -0.3 is 0 Å². The maximum Gasteiger partial charge on any atom is 0.192 e. The molecular weight excluding hydrogens is 230 g/mol. The molecule has 0 aliphatic heterocycles. The second kappa shape index (κ2) is 4.59. The molecule has 2 aromatic heterocycles. The minimum Gasteiger partial charge on any atom is -0.244 e. The maximum absolute atomic E-state index is 5.77. The zero-order valence-electron chi connectivity index (χ0n) is 8.01. The second-order valence-electron chi connectivity index (χ2n) is 2.96. The summed E-state index contributed by atoms with van der Waals surface area (Å²) < 4.78 is 0. The fraction of sp³-hybridized carbons (Fsp3) is 0.100. The molecule has 0 radical (unpaired) electrons. The molecule has 0 spiro atoms. The fourth-order valence-corrected chi connectivity index (χ4v) is 1.95. The predicted octanol–water partition coefficient (Wildman–Crippen LogP) is 2.98. The van der Waals surface area contributed by atoms with Gasteiger partial charge in [-0.2, -0.15) is 0 Å². The average Bonchev–Trinajstić information content (AvgIpc) is 2.22. The van der Waals surface area contributed by atoms with E-state index >= 15 is 0 Å². The maximum atomic E-state index is 5.77. The van der Waals surface area contributed by atoms with Crippen molar-refractivity contribution in [3.8, 4) is 0 Å². The van der Waals surface area contributed by atoms with Crippen LogP contribution in [0.15, 0.2) is 40.8 Å². The Morgan fingerprint density at radius 1 is 1.20 bits per heavy atom. The molecule has 0 amide bonds. The third kappa shape index (κ3) is 2.91. The van der Waals surface area contributed by atoms with Gasteiger partial charge in [0, 0.05) is 23.5 Å². The molecule has 0 aliphatic rings. The van der Waals surface area contributed by atoms with Gasteiger partial charge in [0.25, 0.3) is 0 Å². The number of aryl methyl sites for hydroxylation is 1. The van der Waals surface area contributed by atoms with Crippen LogP contribution >= 0.6 is 23.4 Å². The molecular formula is C10H8ClN3S. The number of pyridine rings is 1. The molecule has 76 valence electrons. The summed E-state index contributed by atoms with van der Waals surface area (Å²) in [5.74, 6) is 0. The summed E-state index contributed by atoms with van der Waals surface area (Å²) in [5.41, 5.74) is 1.05. The summed E-state index contributed by atoms with van der Waals surface area (Å²) in [7, 11) is 0. The van der Waals surface area contributed by atoms with Crippen LogP contribution in [-0.4, -0.2) is 15.0 Å². The minimum absolute atomic E-state index is 0.479. The molecule has 0 fully saturated rings. The van der Waals surface area contributed by atoms with Gasteiger partial charge in [0.15, 0.2) is 5.16 Å². The quantitative estimate of drug-likeness (QED) is 0.595. The van der Waals surface area contributed by atoms with Gasteiger partial charge >= 0.3 is 0 Å². The topological polar surface area (TPSA) is 38.7 Å². The molecule has 0 bridgehead atoms. The highest BCUT2D eigenvalue weighted by molar-refractivity contribution is 7.99. The van der Waals surface area contributed by atoms with Crippen molar-refractivity contribution in [2.75, 3.05) is 0 Å². The molecule has 0 saturated carbocycles. The van der Waals surface area contributed by atoms with Crippen molar-refractivity contribution in [1.82, 2.24) is 15.0 Å². The van der Waals surface area contributed by atoms with Crippen LogP contribution in [0.2, 0.25) is 5.15 Å². The van der Waals surface area contributed by atoms with Gasteiger partial charge in [0.1, 0.15) is 5.15 Å². The van der Waals surface area contributed by atoms with E-state index in [1.165, 1.54) is 11.8 Å². The molecule has 15 heavy (non-hydrogen) atoms. The number of hydrogen-bond acceptors (Lipinski definition) is 4. The molecule has 3 nitrogen and oxygen atoms in total. The zero-order chi connectivity index (χ0) is 10.7. The fourth-order valence-electron chi connectivity index (χ4n) is 0.987. The largest absolute Gasteiger partial charge is 0.244 e. The van der Waals surface area contributed by atoms with Crippen LogP contribution in [-0.2, 0) is 0 Å². The third-order valence-corrected chi connectivity index (χ3v) is 2.75. The Hall–Kier alpha value is -1.13. The van der Waals surface area contributed by atoms with Crippen molar-refractivity contribution in [2.45, 2.75) is 17.0 Å². The number of nitrogens with zero attached hydrogens (tertiary/aromatic N) is 3. The number of halogens is 1. The number of aromatic nitrogens is 3. The van der Waals surface area contributed by atoms with Gasteiger partial charge in [0.2, 0.25) is 0 Å². The van der Waals surface area contributed by atoms with Gasteiger partial charge in [0.05, 0.1) is 0 Å². The van der Waals surface area contributed by atoms with E-state index < -0.39 is 0 Å². The van der Waals surface area contributed by atoms with Crippen molar-refractivity contribution < 1.29 is 0 Å². The monoisotopic (exact) mass is 237 g/mol. The van der Waals surface area contributed by atoms with Gasteiger partial charge in [-0.05, 0) is 36.4 Å². The normalized spacial score (nSPS) is 10.3. The van der Waals surface area contributed by atoms with Crippen LogP contribution < -0.4 is 0 Å². The molecule has 0 unspecified atom stereocenters. The van der Waals surface area contributed by atoms with Gasteiger partial charge in [-0.3, -0.25) is 0 Å². The van der Waals surface area contributed by atoms with Crippen LogP contribution in [0.25, 0.3) is 0 Å². The van der Waals surface area contributed by atoms with Crippen LogP contribution in [0, 0.1) is 6.92 Å². The third-order valence-electron chi connectivity index (χ3n) is 1.66. The lowest BCUT2D eigenvalue weighted by atomic mass is 10.4. The Labute approximate surface area is 96.9 Å². The van der Waals surface area contributed by atoms with Crippen molar-refractivity contribution in [1.29, 1.82) is 0 Å². The predicted molar refractivity (Wildman–Crippen MR) is 60.1 cm³/mol. The van der Waals surface area contributed by atoms with Crippen molar-refractivity contribution in [3.05, 3.63) is 41.4 Å². The number of hydrogen-bond donors (Lipinski definition) is 0. The van der Waals surface area contributed by atoms with Crippen LogP contribution in [0.1, 0.15) is 5.56 Å². The first-order valence-corrected chi connectivity index (χ1v) is 5.51. The summed E-state index contributed by atoms with van der Waals surface area (Å²) in [6.07, 6.45) is 5.25. The molecule has 0 aromatic carbocycles. The van der Waals surface area contributed by atoms with E-state index in [0.29, 0.717) is 10.3 Å². The molecule has 2 aromatic rings. The molecule has 2 rings (SSSR count). The Kier molecular flexibility index (Phi) is 3.18. The molecule has 0 atom stereocenters. The zero-order valence-corrected chi connectivity index (χ0v) is 9.59. The Bertz CT molecular complexity index is 458. The van der Waals surface area contributed by atoms with E-state index in [4.69, 9.17) is 11.6 Å². The van der Waals surface area contributed by atoms with E-state index in [9.17, 15) is 0 Å². The molecule has 0 N–H and O–H groups in total. The highest BCUT2D eigenvalue weighted by Crippen LogP contribution is 2.25. The molecule has 0 saturated heterocycles. The minimum atomic E-state index is 0.479. The molecule has 5 heteroatoms. The van der Waals surface area contributed by atoms with Crippen LogP contribution in [0.3, 0.4) is 0 Å². The highest BCUT2D eigenvalue weighted by Gasteiger charge is 2.00. The lowest BCUT2D eigenvalue weighted by molar-refractivity contribution is 0.950. The lowest BCUT2D eigenvalue weighted by Gasteiger charge is -1.99. The van der Waals surface area contributed by atoms with Gasteiger partial charge in [-0.15, -0.1) is 0 Å². The van der Waals surface area contributed by atoms with E-state index in [1.807, 2.05) is 13.0 Å². The van der Waals surface area contributed by atoms with E-state index in [2.05, 4.69) is 15.0 Å². The standard InChI is InChI=1S/C10H8ClN3S/c1-7-5-13-10(14-6-7)15-8-2-3-12-9(11)4-8/h2-6H,1H3. The highest BCUT2D eigenvalue weighted by atomic mass is 35.5. The van der Waals surface area contributed by atoms with Gasteiger partial charge in [-0.25, -0.2) is 15.0 Å². The van der Waals surface area contributed by atoms with E-state index in [1.54, 1.807) is 24.7 Å². The van der Waals surface area contributed by atoms with E-state index in [0.717, 1.165) is 10.5 Å². The van der Waals surface area contributed by atoms with Crippen molar-refractivity contribution >= 4 is 23.4 Å². The van der Waals surface area contributed by atoms with Gasteiger partial charge in [-0.1, -0.05) is 11.6 Å². The van der Waals surface area contributed by atoms with Crippen LogP contribution in [0.4, 0.5) is 0 Å². The molecule has 0 aliphatic carbocycles. The first kappa shape index (κ1) is 10.4. The SMILES string of the molecule is Cc1cnc(Sc2ccnc(Cl)c2)nc1. The first-order chi connectivity index (χ1) is 7.24. The Morgan fingerprint density at radius 2 is 1.93 bits per heavy atom.